The Kier molecular flexibility index (Phi) is 3.11. The lowest BCUT2D eigenvalue weighted by Gasteiger charge is -2.04. The van der Waals surface area contributed by atoms with Crippen LogP contribution in [0.25, 0.3) is 22.5 Å². The van der Waals surface area contributed by atoms with E-state index in [0.29, 0.717) is 17.2 Å². The van der Waals surface area contributed by atoms with Crippen LogP contribution in [0.1, 0.15) is 0 Å². The van der Waals surface area contributed by atoms with Crippen LogP contribution in [0.2, 0.25) is 0 Å². The van der Waals surface area contributed by atoms with Gasteiger partial charge in [-0.05, 0) is 23.8 Å². The Hall–Kier alpha value is -2.41. The van der Waals surface area contributed by atoms with Gasteiger partial charge < -0.3 is 5.73 Å². The summed E-state index contributed by atoms with van der Waals surface area (Å²) < 4.78 is 0.941. The molecule has 2 heterocycles. The zero-order valence-electron chi connectivity index (χ0n) is 10.2. The minimum Gasteiger partial charge on any atom is -0.382 e. The highest BCUT2D eigenvalue weighted by Gasteiger charge is 2.16. The molecule has 0 unspecified atom stereocenters. The van der Waals surface area contributed by atoms with Gasteiger partial charge in [-0.25, -0.2) is 5.10 Å². The molecule has 0 spiro atoms. The molecule has 0 atom stereocenters. The van der Waals surface area contributed by atoms with Gasteiger partial charge in [0.25, 0.3) is 5.56 Å². The van der Waals surface area contributed by atoms with E-state index in [1.165, 1.54) is 6.07 Å². The number of aromatic amines is 2. The van der Waals surface area contributed by atoms with E-state index < -0.39 is 0 Å². The van der Waals surface area contributed by atoms with E-state index in [9.17, 15) is 4.79 Å². The number of aromatic nitrogens is 4. The van der Waals surface area contributed by atoms with Gasteiger partial charge in [-0.2, -0.15) is 10.2 Å². The van der Waals surface area contributed by atoms with Gasteiger partial charge in [0.2, 0.25) is 0 Å². The largest absolute Gasteiger partial charge is 0.382 e. The molecule has 0 aliphatic heterocycles. The fourth-order valence-electron chi connectivity index (χ4n) is 1.96. The van der Waals surface area contributed by atoms with Gasteiger partial charge in [-0.15, -0.1) is 0 Å². The number of halogens is 1. The number of hydrogen-bond donors (Lipinski definition) is 3. The standard InChI is InChI=1S/C13H10BrN5O/c14-8-3-1-2-7(6-8)11-12(18-19-13(11)15)9-4-5-10(20)17-16-9/h1-6H,(H,17,20)(H3,15,18,19). The quantitative estimate of drug-likeness (QED) is 0.669. The molecule has 0 amide bonds. The van der Waals surface area contributed by atoms with E-state index in [2.05, 4.69) is 36.3 Å². The van der Waals surface area contributed by atoms with Gasteiger partial charge in [0.15, 0.2) is 5.82 Å². The van der Waals surface area contributed by atoms with Gasteiger partial charge in [-0.1, -0.05) is 28.1 Å². The van der Waals surface area contributed by atoms with Gasteiger partial charge in [-0.3, -0.25) is 9.89 Å². The van der Waals surface area contributed by atoms with E-state index in [4.69, 9.17) is 5.73 Å². The summed E-state index contributed by atoms with van der Waals surface area (Å²) in [5.74, 6) is 0.381. The third kappa shape index (κ3) is 2.23. The molecule has 1 aromatic carbocycles. The summed E-state index contributed by atoms with van der Waals surface area (Å²) in [7, 11) is 0. The third-order valence-corrected chi connectivity index (χ3v) is 3.34. The molecular weight excluding hydrogens is 322 g/mol. The van der Waals surface area contributed by atoms with E-state index in [1.54, 1.807) is 6.07 Å². The molecule has 20 heavy (non-hydrogen) atoms. The predicted octanol–water partition coefficient (Wildman–Crippen LogP) is 2.17. The van der Waals surface area contributed by atoms with Crippen molar-refractivity contribution in [2.75, 3.05) is 5.73 Å². The third-order valence-electron chi connectivity index (χ3n) is 2.84. The number of anilines is 1. The number of rotatable bonds is 2. The van der Waals surface area contributed by atoms with Crippen LogP contribution in [-0.2, 0) is 0 Å². The van der Waals surface area contributed by atoms with Crippen molar-refractivity contribution in [2.45, 2.75) is 0 Å². The molecule has 0 fully saturated rings. The van der Waals surface area contributed by atoms with Crippen molar-refractivity contribution in [2.24, 2.45) is 0 Å². The van der Waals surface area contributed by atoms with Gasteiger partial charge >= 0.3 is 0 Å². The van der Waals surface area contributed by atoms with Crippen molar-refractivity contribution in [3.05, 3.63) is 51.2 Å². The minimum absolute atomic E-state index is 0.259. The average molecular weight is 332 g/mol. The monoisotopic (exact) mass is 331 g/mol. The van der Waals surface area contributed by atoms with E-state index in [1.807, 2.05) is 24.3 Å². The van der Waals surface area contributed by atoms with Crippen LogP contribution < -0.4 is 11.3 Å². The number of hydrogen-bond acceptors (Lipinski definition) is 4. The molecule has 0 aliphatic rings. The molecule has 0 bridgehead atoms. The van der Waals surface area contributed by atoms with Gasteiger partial charge in [0.05, 0.1) is 11.3 Å². The first-order valence-corrected chi connectivity index (χ1v) is 6.60. The SMILES string of the molecule is Nc1n[nH]c(-c2ccc(=O)[nH]n2)c1-c1cccc(Br)c1. The lowest BCUT2D eigenvalue weighted by Crippen LogP contribution is -2.05. The summed E-state index contributed by atoms with van der Waals surface area (Å²) in [6.45, 7) is 0. The zero-order chi connectivity index (χ0) is 14.1. The second-order valence-electron chi connectivity index (χ2n) is 4.18. The zero-order valence-corrected chi connectivity index (χ0v) is 11.8. The molecule has 0 aliphatic carbocycles. The molecule has 3 aromatic rings. The second kappa shape index (κ2) is 4.93. The molecule has 100 valence electrons. The van der Waals surface area contributed by atoms with Gasteiger partial charge in [0.1, 0.15) is 5.69 Å². The number of nitrogens with one attached hydrogen (secondary N) is 2. The molecular formula is C13H10BrN5O. The highest BCUT2D eigenvalue weighted by Crippen LogP contribution is 2.34. The summed E-state index contributed by atoms with van der Waals surface area (Å²) >= 11 is 3.43. The van der Waals surface area contributed by atoms with Crippen molar-refractivity contribution < 1.29 is 0 Å². The Bertz CT molecular complexity index is 803. The van der Waals surface area contributed by atoms with Gasteiger partial charge in [0, 0.05) is 10.5 Å². The Labute approximate surface area is 122 Å². The Morgan fingerprint density at radius 3 is 2.65 bits per heavy atom. The summed E-state index contributed by atoms with van der Waals surface area (Å²) in [6.07, 6.45) is 0. The maximum atomic E-state index is 11.1. The molecule has 0 saturated carbocycles. The van der Waals surface area contributed by atoms with E-state index >= 15 is 0 Å². The van der Waals surface area contributed by atoms with Crippen LogP contribution in [0, 0.1) is 0 Å². The molecule has 4 N–H and O–H groups in total. The van der Waals surface area contributed by atoms with Crippen LogP contribution in [0.4, 0.5) is 5.82 Å². The summed E-state index contributed by atoms with van der Waals surface area (Å²) in [4.78, 5) is 11.1. The lowest BCUT2D eigenvalue weighted by atomic mass is 10.0. The van der Waals surface area contributed by atoms with Crippen molar-refractivity contribution in [3.63, 3.8) is 0 Å². The number of benzene rings is 1. The van der Waals surface area contributed by atoms with Crippen molar-refractivity contribution in [1.29, 1.82) is 0 Å². The Balaban J connectivity index is 2.19. The molecule has 2 aromatic heterocycles. The fraction of sp³-hybridized carbons (Fsp3) is 0. The maximum absolute atomic E-state index is 11.1. The van der Waals surface area contributed by atoms with Crippen LogP contribution in [0.15, 0.2) is 45.7 Å². The summed E-state index contributed by atoms with van der Waals surface area (Å²) in [6, 6.07) is 10.7. The number of H-pyrrole nitrogens is 2. The highest BCUT2D eigenvalue weighted by atomic mass is 79.9. The number of nitrogens with zero attached hydrogens (tertiary/aromatic N) is 2. The van der Waals surface area contributed by atoms with Crippen LogP contribution >= 0.6 is 15.9 Å². The molecule has 7 heteroatoms. The molecule has 6 nitrogen and oxygen atoms in total. The fourth-order valence-corrected chi connectivity index (χ4v) is 2.36. The van der Waals surface area contributed by atoms with Crippen LogP contribution in [0.5, 0.6) is 0 Å². The summed E-state index contributed by atoms with van der Waals surface area (Å²) in [5, 5.41) is 13.3. The smallest absolute Gasteiger partial charge is 0.264 e. The van der Waals surface area contributed by atoms with Crippen LogP contribution in [0.3, 0.4) is 0 Å². The topological polar surface area (TPSA) is 100 Å². The number of nitrogens with two attached hydrogens (primary N) is 1. The normalized spacial score (nSPS) is 10.7. The van der Waals surface area contributed by atoms with E-state index in [-0.39, 0.29) is 5.56 Å². The van der Waals surface area contributed by atoms with Crippen molar-refractivity contribution in [1.82, 2.24) is 20.4 Å². The lowest BCUT2D eigenvalue weighted by molar-refractivity contribution is 0.982. The average Bonchev–Trinajstić information content (AvgIpc) is 2.81. The minimum atomic E-state index is -0.259. The van der Waals surface area contributed by atoms with Crippen molar-refractivity contribution in [3.8, 4) is 22.5 Å². The molecule has 0 radical (unpaired) electrons. The number of nitrogen functional groups attached to an aromatic ring is 1. The van der Waals surface area contributed by atoms with Crippen LogP contribution in [-0.4, -0.2) is 20.4 Å². The summed E-state index contributed by atoms with van der Waals surface area (Å²) in [5.41, 5.74) is 8.58. The highest BCUT2D eigenvalue weighted by molar-refractivity contribution is 9.10. The van der Waals surface area contributed by atoms with Crippen molar-refractivity contribution >= 4 is 21.7 Å². The predicted molar refractivity (Wildman–Crippen MR) is 80.0 cm³/mol. The molecule has 0 saturated heterocycles. The maximum Gasteiger partial charge on any atom is 0.264 e. The molecule has 3 rings (SSSR count). The first-order valence-electron chi connectivity index (χ1n) is 5.81. The Morgan fingerprint density at radius 2 is 1.95 bits per heavy atom. The van der Waals surface area contributed by atoms with E-state index in [0.717, 1.165) is 15.6 Å². The second-order valence-corrected chi connectivity index (χ2v) is 5.09. The Morgan fingerprint density at radius 1 is 1.10 bits per heavy atom. The first-order chi connectivity index (χ1) is 9.65. The first kappa shape index (κ1) is 12.6.